The van der Waals surface area contributed by atoms with E-state index in [0.29, 0.717) is 11.4 Å². The molecule has 0 radical (unpaired) electrons. The molecular weight excluding hydrogens is 246 g/mol. The summed E-state index contributed by atoms with van der Waals surface area (Å²) < 4.78 is 10.3. The fraction of sp³-hybridized carbons (Fsp3) is 0.429. The van der Waals surface area contributed by atoms with Gasteiger partial charge in [-0.25, -0.2) is 0 Å². The van der Waals surface area contributed by atoms with Crippen LogP contribution in [0.3, 0.4) is 0 Å². The quantitative estimate of drug-likeness (QED) is 0.671. The molecule has 19 heavy (non-hydrogen) atoms. The molecule has 1 aromatic rings. The van der Waals surface area contributed by atoms with Gasteiger partial charge in [-0.1, -0.05) is 0 Å². The molecule has 1 amide bonds. The first-order chi connectivity index (χ1) is 8.79. The van der Waals surface area contributed by atoms with E-state index >= 15 is 0 Å². The largest absolute Gasteiger partial charge is 0.457 e. The van der Waals surface area contributed by atoms with E-state index in [0.717, 1.165) is 0 Å². The summed E-state index contributed by atoms with van der Waals surface area (Å²) in [5.41, 5.74) is 0.144. The van der Waals surface area contributed by atoms with Gasteiger partial charge >= 0.3 is 5.97 Å². The SMILES string of the molecule is CC(=O)Nc1ccc(OCOC(=O)C(C)(C)C)cc1. The minimum atomic E-state index is -0.543. The van der Waals surface area contributed by atoms with E-state index in [1.54, 1.807) is 45.0 Å². The normalized spacial score (nSPS) is 10.7. The zero-order valence-corrected chi connectivity index (χ0v) is 11.6. The number of carbonyl (C=O) groups excluding carboxylic acids is 2. The van der Waals surface area contributed by atoms with Crippen LogP contribution in [0.15, 0.2) is 24.3 Å². The summed E-state index contributed by atoms with van der Waals surface area (Å²) in [4.78, 5) is 22.3. The minimum Gasteiger partial charge on any atom is -0.457 e. The van der Waals surface area contributed by atoms with Crippen molar-refractivity contribution in [2.45, 2.75) is 27.7 Å². The molecule has 0 saturated carbocycles. The van der Waals surface area contributed by atoms with Crippen molar-refractivity contribution in [3.8, 4) is 5.75 Å². The van der Waals surface area contributed by atoms with E-state index in [-0.39, 0.29) is 18.7 Å². The average Bonchev–Trinajstić information content (AvgIpc) is 2.29. The molecule has 1 rings (SSSR count). The van der Waals surface area contributed by atoms with Crippen molar-refractivity contribution in [2.75, 3.05) is 12.1 Å². The molecule has 0 aliphatic rings. The molecule has 104 valence electrons. The molecule has 0 saturated heterocycles. The molecule has 0 atom stereocenters. The van der Waals surface area contributed by atoms with Crippen molar-refractivity contribution < 1.29 is 19.1 Å². The monoisotopic (exact) mass is 265 g/mol. The lowest BCUT2D eigenvalue weighted by molar-refractivity contribution is -0.159. The molecule has 5 nitrogen and oxygen atoms in total. The second-order valence-electron chi connectivity index (χ2n) is 5.15. The molecule has 0 heterocycles. The van der Waals surface area contributed by atoms with E-state index < -0.39 is 5.41 Å². The molecule has 0 aliphatic carbocycles. The van der Waals surface area contributed by atoms with Crippen LogP contribution in [-0.2, 0) is 14.3 Å². The Morgan fingerprint density at radius 1 is 1.16 bits per heavy atom. The predicted molar refractivity (Wildman–Crippen MR) is 71.8 cm³/mol. The summed E-state index contributed by atoms with van der Waals surface area (Å²) in [7, 11) is 0. The minimum absolute atomic E-state index is 0.129. The highest BCUT2D eigenvalue weighted by molar-refractivity contribution is 5.88. The third-order valence-electron chi connectivity index (χ3n) is 2.20. The van der Waals surface area contributed by atoms with Gasteiger partial charge in [0.05, 0.1) is 5.41 Å². The molecule has 1 aromatic carbocycles. The first-order valence-electron chi connectivity index (χ1n) is 5.97. The van der Waals surface area contributed by atoms with Gasteiger partial charge in [-0.05, 0) is 45.0 Å². The zero-order valence-electron chi connectivity index (χ0n) is 11.6. The van der Waals surface area contributed by atoms with Crippen molar-refractivity contribution in [1.29, 1.82) is 0 Å². The standard InChI is InChI=1S/C14H19NO4/c1-10(16)15-11-5-7-12(8-6-11)18-9-19-13(17)14(2,3)4/h5-8H,9H2,1-4H3,(H,15,16). The van der Waals surface area contributed by atoms with Gasteiger partial charge in [0.15, 0.2) is 0 Å². The zero-order chi connectivity index (χ0) is 14.5. The lowest BCUT2D eigenvalue weighted by Gasteiger charge is -2.16. The van der Waals surface area contributed by atoms with E-state index in [1.807, 2.05) is 0 Å². The average molecular weight is 265 g/mol. The first kappa shape index (κ1) is 15.0. The highest BCUT2D eigenvalue weighted by Crippen LogP contribution is 2.17. The summed E-state index contributed by atoms with van der Waals surface area (Å²) in [6.45, 7) is 6.64. The maximum absolute atomic E-state index is 11.5. The van der Waals surface area contributed by atoms with E-state index in [1.165, 1.54) is 6.92 Å². The second kappa shape index (κ2) is 6.22. The number of carbonyl (C=O) groups is 2. The van der Waals surface area contributed by atoms with E-state index in [4.69, 9.17) is 9.47 Å². The Morgan fingerprint density at radius 3 is 2.21 bits per heavy atom. The summed E-state index contributed by atoms with van der Waals surface area (Å²) in [6, 6.07) is 6.80. The molecule has 1 N–H and O–H groups in total. The number of amides is 1. The molecule has 0 spiro atoms. The summed E-state index contributed by atoms with van der Waals surface area (Å²) in [5.74, 6) is 0.117. The van der Waals surface area contributed by atoms with E-state index in [2.05, 4.69) is 5.32 Å². The van der Waals surface area contributed by atoms with E-state index in [9.17, 15) is 9.59 Å². The predicted octanol–water partition coefficient (Wildman–Crippen LogP) is 2.57. The highest BCUT2D eigenvalue weighted by atomic mass is 16.7. The van der Waals surface area contributed by atoms with Gasteiger partial charge in [-0.15, -0.1) is 0 Å². The molecule has 0 aliphatic heterocycles. The number of ether oxygens (including phenoxy) is 2. The number of benzene rings is 1. The topological polar surface area (TPSA) is 64.6 Å². The van der Waals surface area contributed by atoms with Crippen LogP contribution in [0.25, 0.3) is 0 Å². The van der Waals surface area contributed by atoms with Crippen LogP contribution in [0, 0.1) is 5.41 Å². The Bertz CT molecular complexity index is 446. The maximum atomic E-state index is 11.5. The third kappa shape index (κ3) is 5.42. The van der Waals surface area contributed by atoms with Crippen molar-refractivity contribution >= 4 is 17.6 Å². The van der Waals surface area contributed by atoms with Gasteiger partial charge in [-0.3, -0.25) is 9.59 Å². The number of anilines is 1. The maximum Gasteiger partial charge on any atom is 0.314 e. The number of hydrogen-bond donors (Lipinski definition) is 1. The third-order valence-corrected chi connectivity index (χ3v) is 2.20. The van der Waals surface area contributed by atoms with Crippen LogP contribution in [0.5, 0.6) is 5.75 Å². The number of nitrogens with one attached hydrogen (secondary N) is 1. The van der Waals surface area contributed by atoms with Gasteiger partial charge in [0, 0.05) is 12.6 Å². The number of hydrogen-bond acceptors (Lipinski definition) is 4. The van der Waals surface area contributed by atoms with Crippen LogP contribution in [0.4, 0.5) is 5.69 Å². The van der Waals surface area contributed by atoms with Crippen LogP contribution >= 0.6 is 0 Å². The molecule has 5 heteroatoms. The number of rotatable bonds is 4. The molecule has 0 aromatic heterocycles. The Kier molecular flexibility index (Phi) is 4.92. The Labute approximate surface area is 112 Å². The van der Waals surface area contributed by atoms with Gasteiger partial charge in [0.1, 0.15) is 5.75 Å². The van der Waals surface area contributed by atoms with Crippen molar-refractivity contribution in [1.82, 2.24) is 0 Å². The van der Waals surface area contributed by atoms with Crippen LogP contribution in [0.1, 0.15) is 27.7 Å². The smallest absolute Gasteiger partial charge is 0.314 e. The van der Waals surface area contributed by atoms with Crippen LogP contribution in [-0.4, -0.2) is 18.7 Å². The van der Waals surface area contributed by atoms with Gasteiger partial charge < -0.3 is 14.8 Å². The van der Waals surface area contributed by atoms with Gasteiger partial charge in [0.25, 0.3) is 0 Å². The lowest BCUT2D eigenvalue weighted by Crippen LogP contribution is -2.24. The lowest BCUT2D eigenvalue weighted by atomic mass is 9.98. The molecule has 0 fully saturated rings. The second-order valence-corrected chi connectivity index (χ2v) is 5.15. The first-order valence-corrected chi connectivity index (χ1v) is 5.97. The highest BCUT2D eigenvalue weighted by Gasteiger charge is 2.22. The molecule has 0 unspecified atom stereocenters. The number of esters is 1. The van der Waals surface area contributed by atoms with Crippen molar-refractivity contribution in [3.05, 3.63) is 24.3 Å². The van der Waals surface area contributed by atoms with Gasteiger partial charge in [0.2, 0.25) is 12.7 Å². The fourth-order valence-corrected chi connectivity index (χ4v) is 1.21. The van der Waals surface area contributed by atoms with Gasteiger partial charge in [-0.2, -0.15) is 0 Å². The Balaban J connectivity index is 2.42. The molecular formula is C14H19NO4. The Hall–Kier alpha value is -2.04. The van der Waals surface area contributed by atoms with Crippen molar-refractivity contribution in [3.63, 3.8) is 0 Å². The van der Waals surface area contributed by atoms with Crippen LogP contribution < -0.4 is 10.1 Å². The fourth-order valence-electron chi connectivity index (χ4n) is 1.21. The summed E-state index contributed by atoms with van der Waals surface area (Å²) in [6.07, 6.45) is 0. The van der Waals surface area contributed by atoms with Crippen LogP contribution in [0.2, 0.25) is 0 Å². The molecule has 0 bridgehead atoms. The summed E-state index contributed by atoms with van der Waals surface area (Å²) in [5, 5.41) is 2.65. The summed E-state index contributed by atoms with van der Waals surface area (Å²) >= 11 is 0. The van der Waals surface area contributed by atoms with Crippen molar-refractivity contribution in [2.24, 2.45) is 5.41 Å². The Morgan fingerprint density at radius 2 is 1.74 bits per heavy atom.